The van der Waals surface area contributed by atoms with Crippen LogP contribution >= 0.6 is 0 Å². The second-order valence-corrected chi connectivity index (χ2v) is 7.48. The Labute approximate surface area is 146 Å². The van der Waals surface area contributed by atoms with Gasteiger partial charge in [-0.25, -0.2) is 0 Å². The maximum absolute atomic E-state index is 12.9. The molecule has 0 unspecified atom stereocenters. The molecular formula is C19H20N4O2. The minimum absolute atomic E-state index is 0.0324. The van der Waals surface area contributed by atoms with E-state index in [-0.39, 0.29) is 22.7 Å². The number of aromatic amines is 1. The topological polar surface area (TPSA) is 116 Å². The molecular weight excluding hydrogens is 316 g/mol. The number of rotatable bonds is 1. The number of aromatic nitrogens is 1. The maximum atomic E-state index is 12.9. The van der Waals surface area contributed by atoms with E-state index in [4.69, 9.17) is 10.5 Å². The number of hydrogen-bond acceptors (Lipinski definition) is 5. The van der Waals surface area contributed by atoms with Crippen LogP contribution in [-0.4, -0.2) is 10.8 Å². The van der Waals surface area contributed by atoms with E-state index in [0.717, 1.165) is 16.8 Å². The molecule has 0 amide bonds. The lowest BCUT2D eigenvalue weighted by Crippen LogP contribution is -2.33. The van der Waals surface area contributed by atoms with Crippen molar-refractivity contribution in [3.05, 3.63) is 45.3 Å². The summed E-state index contributed by atoms with van der Waals surface area (Å²) in [5.74, 6) is -0.0396. The van der Waals surface area contributed by atoms with Crippen LogP contribution in [0.25, 0.3) is 0 Å². The fourth-order valence-electron chi connectivity index (χ4n) is 3.88. The van der Waals surface area contributed by atoms with Crippen molar-refractivity contribution in [2.75, 3.05) is 0 Å². The lowest BCUT2D eigenvalue weighted by atomic mass is 9.70. The first-order valence-electron chi connectivity index (χ1n) is 8.13. The molecule has 25 heavy (non-hydrogen) atoms. The summed E-state index contributed by atoms with van der Waals surface area (Å²) in [6, 6.07) is 4.22. The zero-order chi connectivity index (χ0) is 18.5. The van der Waals surface area contributed by atoms with E-state index in [1.165, 1.54) is 0 Å². The molecule has 0 saturated carbocycles. The highest BCUT2D eigenvalue weighted by Crippen LogP contribution is 2.49. The summed E-state index contributed by atoms with van der Waals surface area (Å²) in [6.07, 6.45) is 0.968. The Morgan fingerprint density at radius 2 is 1.92 bits per heavy atom. The Balaban J connectivity index is 2.28. The Morgan fingerprint density at radius 3 is 2.48 bits per heavy atom. The van der Waals surface area contributed by atoms with Gasteiger partial charge in [0.05, 0.1) is 5.92 Å². The monoisotopic (exact) mass is 336 g/mol. The second-order valence-electron chi connectivity index (χ2n) is 7.48. The standard InChI is InChI=1S/C19H20N4O2/c1-9-12(8-21)23-10(2)15(9)16-11(7-20)18(22)25-14-6-19(3,4)5-13(24)17(14)16/h16,23H,5-6,22H2,1-4H3/t16-/m0/s1. The van der Waals surface area contributed by atoms with Gasteiger partial charge in [-0.15, -0.1) is 0 Å². The summed E-state index contributed by atoms with van der Waals surface area (Å²) in [5.41, 5.74) is 9.20. The fraction of sp³-hybridized carbons (Fsp3) is 0.421. The van der Waals surface area contributed by atoms with Crippen LogP contribution in [0.5, 0.6) is 0 Å². The number of nitrogens with one attached hydrogen (secondary N) is 1. The first kappa shape index (κ1) is 16.9. The Bertz CT molecular complexity index is 932. The zero-order valence-electron chi connectivity index (χ0n) is 14.8. The van der Waals surface area contributed by atoms with Crippen molar-refractivity contribution in [3.63, 3.8) is 0 Å². The van der Waals surface area contributed by atoms with E-state index < -0.39 is 5.92 Å². The summed E-state index contributed by atoms with van der Waals surface area (Å²) in [5, 5.41) is 18.9. The average Bonchev–Trinajstić information content (AvgIpc) is 2.78. The molecule has 3 rings (SSSR count). The molecule has 0 spiro atoms. The number of ether oxygens (including phenoxy) is 1. The van der Waals surface area contributed by atoms with Gasteiger partial charge in [-0.2, -0.15) is 10.5 Å². The molecule has 2 aliphatic rings. The summed E-state index contributed by atoms with van der Waals surface area (Å²) in [6.45, 7) is 7.66. The molecule has 2 heterocycles. The van der Waals surface area contributed by atoms with Crippen molar-refractivity contribution in [1.82, 2.24) is 4.98 Å². The van der Waals surface area contributed by atoms with Crippen LogP contribution in [0.1, 0.15) is 55.1 Å². The molecule has 0 radical (unpaired) electrons. The second kappa shape index (κ2) is 5.53. The van der Waals surface area contributed by atoms with E-state index in [9.17, 15) is 15.3 Å². The number of nitriles is 2. The number of nitrogens with zero attached hydrogens (tertiary/aromatic N) is 2. The zero-order valence-corrected chi connectivity index (χ0v) is 14.8. The van der Waals surface area contributed by atoms with E-state index >= 15 is 0 Å². The number of Topliss-reactive ketones (excluding diaryl/α,β-unsaturated/α-hetero) is 1. The van der Waals surface area contributed by atoms with Crippen molar-refractivity contribution in [2.45, 2.75) is 46.5 Å². The molecule has 0 aromatic carbocycles. The third-order valence-corrected chi connectivity index (χ3v) is 4.97. The number of hydrogen-bond donors (Lipinski definition) is 2. The van der Waals surface area contributed by atoms with Gasteiger partial charge in [-0.3, -0.25) is 4.79 Å². The number of nitrogens with two attached hydrogens (primary N) is 1. The van der Waals surface area contributed by atoms with Crippen LogP contribution in [0.4, 0.5) is 0 Å². The van der Waals surface area contributed by atoms with Crippen molar-refractivity contribution >= 4 is 5.78 Å². The van der Waals surface area contributed by atoms with Gasteiger partial charge >= 0.3 is 0 Å². The highest BCUT2D eigenvalue weighted by molar-refractivity contribution is 6.00. The molecule has 6 heteroatoms. The molecule has 128 valence electrons. The van der Waals surface area contributed by atoms with Gasteiger partial charge in [0.25, 0.3) is 0 Å². The fourth-order valence-corrected chi connectivity index (χ4v) is 3.88. The average molecular weight is 336 g/mol. The molecule has 1 aliphatic heterocycles. The first-order chi connectivity index (χ1) is 11.7. The maximum Gasteiger partial charge on any atom is 0.205 e. The molecule has 1 aromatic rings. The molecule has 0 fully saturated rings. The van der Waals surface area contributed by atoms with Gasteiger partial charge in [-0.1, -0.05) is 13.8 Å². The smallest absolute Gasteiger partial charge is 0.205 e. The summed E-state index contributed by atoms with van der Waals surface area (Å²) < 4.78 is 5.68. The number of H-pyrrole nitrogens is 1. The minimum atomic E-state index is -0.587. The number of ketones is 1. The highest BCUT2D eigenvalue weighted by atomic mass is 16.5. The Morgan fingerprint density at radius 1 is 1.24 bits per heavy atom. The summed E-state index contributed by atoms with van der Waals surface area (Å²) in [7, 11) is 0. The molecule has 0 bridgehead atoms. The molecule has 3 N–H and O–H groups in total. The van der Waals surface area contributed by atoms with Crippen molar-refractivity contribution in [3.8, 4) is 12.1 Å². The van der Waals surface area contributed by atoms with Gasteiger partial charge in [0.2, 0.25) is 5.88 Å². The number of carbonyl (C=O) groups excluding carboxylic acids is 1. The van der Waals surface area contributed by atoms with E-state index in [1.807, 2.05) is 27.7 Å². The third kappa shape index (κ3) is 2.51. The molecule has 0 saturated heterocycles. The molecule has 1 aliphatic carbocycles. The number of carbonyl (C=O) groups is 1. The predicted molar refractivity (Wildman–Crippen MR) is 90.7 cm³/mol. The minimum Gasteiger partial charge on any atom is -0.444 e. The van der Waals surface area contributed by atoms with Gasteiger partial charge < -0.3 is 15.5 Å². The summed E-state index contributed by atoms with van der Waals surface area (Å²) >= 11 is 0. The van der Waals surface area contributed by atoms with Crippen LogP contribution in [0.3, 0.4) is 0 Å². The van der Waals surface area contributed by atoms with Crippen molar-refractivity contribution in [1.29, 1.82) is 10.5 Å². The number of aryl methyl sites for hydroxylation is 1. The van der Waals surface area contributed by atoms with Crippen LogP contribution in [0, 0.1) is 41.9 Å². The van der Waals surface area contributed by atoms with Crippen LogP contribution in [0.15, 0.2) is 22.8 Å². The Kier molecular flexibility index (Phi) is 3.73. The highest BCUT2D eigenvalue weighted by Gasteiger charge is 2.44. The van der Waals surface area contributed by atoms with E-state index in [2.05, 4.69) is 17.1 Å². The van der Waals surface area contributed by atoms with E-state index in [0.29, 0.717) is 29.9 Å². The largest absolute Gasteiger partial charge is 0.444 e. The van der Waals surface area contributed by atoms with E-state index in [1.54, 1.807) is 0 Å². The van der Waals surface area contributed by atoms with Gasteiger partial charge in [0, 0.05) is 24.1 Å². The SMILES string of the molecule is Cc1[nH]c(C#N)c(C)c1[C@@H]1C(C#N)=C(N)OC2=C1C(=O)CC(C)(C)C2. The third-order valence-electron chi connectivity index (χ3n) is 4.97. The lowest BCUT2D eigenvalue weighted by molar-refractivity contribution is -0.119. The van der Waals surface area contributed by atoms with Crippen molar-refractivity contribution in [2.24, 2.45) is 11.1 Å². The van der Waals surface area contributed by atoms with Crippen LogP contribution in [0.2, 0.25) is 0 Å². The predicted octanol–water partition coefficient (Wildman–Crippen LogP) is 2.95. The van der Waals surface area contributed by atoms with Gasteiger partial charge in [0.1, 0.15) is 29.2 Å². The van der Waals surface area contributed by atoms with Crippen LogP contribution < -0.4 is 5.73 Å². The molecule has 6 nitrogen and oxygen atoms in total. The molecule has 1 aromatic heterocycles. The quantitative estimate of drug-likeness (QED) is 0.818. The molecule has 1 atom stereocenters. The van der Waals surface area contributed by atoms with Gasteiger partial charge in [-0.05, 0) is 30.4 Å². The van der Waals surface area contributed by atoms with Crippen LogP contribution in [-0.2, 0) is 9.53 Å². The first-order valence-corrected chi connectivity index (χ1v) is 8.13. The van der Waals surface area contributed by atoms with Crippen molar-refractivity contribution < 1.29 is 9.53 Å². The Hall–Kier alpha value is -2.99. The summed E-state index contributed by atoms with van der Waals surface area (Å²) in [4.78, 5) is 15.9. The number of allylic oxidation sites excluding steroid dienone is 3. The lowest BCUT2D eigenvalue weighted by Gasteiger charge is -2.37. The normalized spacial score (nSPS) is 22.2. The van der Waals surface area contributed by atoms with Gasteiger partial charge in [0.15, 0.2) is 5.78 Å².